The Bertz CT molecular complexity index is 750. The number of nitrogens with zero attached hydrogens (tertiary/aromatic N) is 1. The highest BCUT2D eigenvalue weighted by Crippen LogP contribution is 2.19. The molecule has 0 amide bonds. The van der Waals surface area contributed by atoms with Crippen molar-refractivity contribution in [1.82, 2.24) is 9.97 Å². The van der Waals surface area contributed by atoms with Crippen LogP contribution in [0.4, 0.5) is 11.6 Å². The van der Waals surface area contributed by atoms with Gasteiger partial charge >= 0.3 is 5.97 Å². The molecule has 0 saturated carbocycles. The monoisotopic (exact) mass is 267 g/mol. The molecule has 0 aliphatic heterocycles. The molecule has 5 heteroatoms. The Labute approximate surface area is 115 Å². The van der Waals surface area contributed by atoms with E-state index in [0.29, 0.717) is 5.95 Å². The first-order chi connectivity index (χ1) is 9.70. The lowest BCUT2D eigenvalue weighted by atomic mass is 10.1. The summed E-state index contributed by atoms with van der Waals surface area (Å²) in [6, 6.07) is 15.1. The molecule has 0 aliphatic rings. The van der Waals surface area contributed by atoms with E-state index < -0.39 is 5.97 Å². The van der Waals surface area contributed by atoms with Crippen LogP contribution in [0.1, 0.15) is 5.56 Å². The molecule has 0 saturated heterocycles. The fraction of sp³-hybridized carbons (Fsp3) is 0.0667. The van der Waals surface area contributed by atoms with Crippen molar-refractivity contribution in [3.05, 3.63) is 54.1 Å². The first kappa shape index (κ1) is 12.2. The second kappa shape index (κ2) is 5.05. The highest BCUT2D eigenvalue weighted by molar-refractivity contribution is 5.80. The van der Waals surface area contributed by atoms with Crippen LogP contribution in [0.2, 0.25) is 0 Å². The van der Waals surface area contributed by atoms with Crippen LogP contribution in [-0.4, -0.2) is 21.0 Å². The van der Waals surface area contributed by atoms with Gasteiger partial charge in [0.15, 0.2) is 0 Å². The summed E-state index contributed by atoms with van der Waals surface area (Å²) in [5.41, 5.74) is 3.32. The van der Waals surface area contributed by atoms with Gasteiger partial charge in [0, 0.05) is 5.69 Å². The minimum atomic E-state index is -0.841. The predicted octanol–water partition coefficient (Wildman–Crippen LogP) is 2.93. The predicted molar refractivity (Wildman–Crippen MR) is 77.2 cm³/mol. The number of rotatable bonds is 4. The van der Waals surface area contributed by atoms with E-state index in [1.165, 1.54) is 0 Å². The summed E-state index contributed by atoms with van der Waals surface area (Å²) < 4.78 is 0. The number of para-hydroxylation sites is 1. The van der Waals surface area contributed by atoms with E-state index in [0.717, 1.165) is 22.3 Å². The zero-order valence-electron chi connectivity index (χ0n) is 10.6. The second-order valence-electron chi connectivity index (χ2n) is 4.50. The van der Waals surface area contributed by atoms with Crippen LogP contribution >= 0.6 is 0 Å². The second-order valence-corrected chi connectivity index (χ2v) is 4.50. The average molecular weight is 267 g/mol. The maximum Gasteiger partial charge on any atom is 0.307 e. The van der Waals surface area contributed by atoms with E-state index in [1.807, 2.05) is 42.5 Å². The summed E-state index contributed by atoms with van der Waals surface area (Å²) >= 11 is 0. The van der Waals surface area contributed by atoms with Crippen molar-refractivity contribution in [2.75, 3.05) is 5.32 Å². The Balaban J connectivity index is 1.88. The van der Waals surface area contributed by atoms with Crippen molar-refractivity contribution in [3.63, 3.8) is 0 Å². The third-order valence-electron chi connectivity index (χ3n) is 2.94. The largest absolute Gasteiger partial charge is 0.481 e. The van der Waals surface area contributed by atoms with Gasteiger partial charge in [0.1, 0.15) is 0 Å². The molecule has 3 aromatic rings. The van der Waals surface area contributed by atoms with Crippen LogP contribution in [0.3, 0.4) is 0 Å². The van der Waals surface area contributed by atoms with E-state index in [1.54, 1.807) is 6.07 Å². The van der Waals surface area contributed by atoms with Gasteiger partial charge < -0.3 is 15.4 Å². The number of anilines is 2. The first-order valence-electron chi connectivity index (χ1n) is 6.23. The Morgan fingerprint density at radius 1 is 1.20 bits per heavy atom. The standard InChI is InChI=1S/C15H13N3O2/c19-14(20)9-10-6-7-12-13(8-10)18-15(17-12)16-11-4-2-1-3-5-11/h1-8H,9H2,(H,19,20)(H2,16,17,18). The van der Waals surface area contributed by atoms with E-state index in [4.69, 9.17) is 5.11 Å². The number of hydrogen-bond acceptors (Lipinski definition) is 3. The molecular weight excluding hydrogens is 254 g/mol. The summed E-state index contributed by atoms with van der Waals surface area (Å²) in [4.78, 5) is 18.3. The highest BCUT2D eigenvalue weighted by atomic mass is 16.4. The summed E-state index contributed by atoms with van der Waals surface area (Å²) in [6.07, 6.45) is 0.0103. The van der Waals surface area contributed by atoms with E-state index >= 15 is 0 Å². The Morgan fingerprint density at radius 2 is 2.00 bits per heavy atom. The van der Waals surface area contributed by atoms with Crippen LogP contribution in [-0.2, 0) is 11.2 Å². The minimum absolute atomic E-state index is 0.0103. The topological polar surface area (TPSA) is 78.0 Å². The van der Waals surface area contributed by atoms with Gasteiger partial charge in [0.25, 0.3) is 0 Å². The molecule has 0 atom stereocenters. The van der Waals surface area contributed by atoms with Crippen LogP contribution < -0.4 is 5.32 Å². The molecule has 3 N–H and O–H groups in total. The number of carbonyl (C=O) groups is 1. The molecule has 1 aromatic heterocycles. The normalized spacial score (nSPS) is 10.6. The molecule has 5 nitrogen and oxygen atoms in total. The van der Waals surface area contributed by atoms with Gasteiger partial charge in [-0.25, -0.2) is 4.98 Å². The van der Waals surface area contributed by atoms with Crippen molar-refractivity contribution in [3.8, 4) is 0 Å². The SMILES string of the molecule is O=C(O)Cc1ccc2nc(Nc3ccccc3)[nH]c2c1. The van der Waals surface area contributed by atoms with Crippen molar-refractivity contribution in [2.24, 2.45) is 0 Å². The number of H-pyrrole nitrogens is 1. The van der Waals surface area contributed by atoms with Crippen LogP contribution in [0.15, 0.2) is 48.5 Å². The van der Waals surface area contributed by atoms with E-state index in [9.17, 15) is 4.79 Å². The lowest BCUT2D eigenvalue weighted by molar-refractivity contribution is -0.136. The quantitative estimate of drug-likeness (QED) is 0.679. The molecule has 3 rings (SSSR count). The summed E-state index contributed by atoms with van der Waals surface area (Å²) in [6.45, 7) is 0. The van der Waals surface area contributed by atoms with Crippen molar-refractivity contribution in [1.29, 1.82) is 0 Å². The zero-order valence-corrected chi connectivity index (χ0v) is 10.6. The number of hydrogen-bond donors (Lipinski definition) is 3. The molecule has 100 valence electrons. The Morgan fingerprint density at radius 3 is 2.75 bits per heavy atom. The van der Waals surface area contributed by atoms with Gasteiger partial charge in [0.05, 0.1) is 17.5 Å². The third kappa shape index (κ3) is 2.61. The molecule has 0 fully saturated rings. The molecule has 0 radical (unpaired) electrons. The van der Waals surface area contributed by atoms with Gasteiger partial charge in [-0.1, -0.05) is 24.3 Å². The van der Waals surface area contributed by atoms with E-state index in [2.05, 4.69) is 15.3 Å². The number of aromatic nitrogens is 2. The molecular formula is C15H13N3O2. The summed E-state index contributed by atoms with van der Waals surface area (Å²) in [7, 11) is 0. The maximum absolute atomic E-state index is 10.7. The van der Waals surface area contributed by atoms with Gasteiger partial charge in [0.2, 0.25) is 5.95 Å². The van der Waals surface area contributed by atoms with Gasteiger partial charge in [-0.2, -0.15) is 0 Å². The molecule has 20 heavy (non-hydrogen) atoms. The van der Waals surface area contributed by atoms with Gasteiger partial charge in [-0.3, -0.25) is 4.79 Å². The van der Waals surface area contributed by atoms with Gasteiger partial charge in [-0.15, -0.1) is 0 Å². The molecule has 0 unspecified atom stereocenters. The maximum atomic E-state index is 10.7. The summed E-state index contributed by atoms with van der Waals surface area (Å²) in [5.74, 6) is -0.204. The fourth-order valence-corrected chi connectivity index (χ4v) is 2.06. The molecule has 0 aliphatic carbocycles. The first-order valence-corrected chi connectivity index (χ1v) is 6.23. The number of carboxylic acids is 1. The fourth-order valence-electron chi connectivity index (χ4n) is 2.06. The van der Waals surface area contributed by atoms with Crippen molar-refractivity contribution >= 4 is 28.6 Å². The number of carboxylic acid groups (broad SMARTS) is 1. The smallest absolute Gasteiger partial charge is 0.307 e. The number of nitrogens with one attached hydrogen (secondary N) is 2. The lowest BCUT2D eigenvalue weighted by Crippen LogP contribution is -1.99. The van der Waals surface area contributed by atoms with Crippen LogP contribution in [0, 0.1) is 0 Å². The summed E-state index contributed by atoms with van der Waals surface area (Å²) in [5, 5.41) is 12.0. The van der Waals surface area contributed by atoms with E-state index in [-0.39, 0.29) is 6.42 Å². The van der Waals surface area contributed by atoms with Crippen LogP contribution in [0.5, 0.6) is 0 Å². The Kier molecular flexibility index (Phi) is 3.09. The highest BCUT2D eigenvalue weighted by Gasteiger charge is 2.06. The van der Waals surface area contributed by atoms with Crippen LogP contribution in [0.25, 0.3) is 11.0 Å². The molecule has 0 spiro atoms. The van der Waals surface area contributed by atoms with Crippen molar-refractivity contribution in [2.45, 2.75) is 6.42 Å². The third-order valence-corrected chi connectivity index (χ3v) is 2.94. The number of benzene rings is 2. The number of imidazole rings is 1. The molecule has 0 bridgehead atoms. The van der Waals surface area contributed by atoms with Gasteiger partial charge in [-0.05, 0) is 29.8 Å². The number of fused-ring (bicyclic) bond motifs is 1. The number of aromatic amines is 1. The van der Waals surface area contributed by atoms with Crippen molar-refractivity contribution < 1.29 is 9.90 Å². The average Bonchev–Trinajstić information content (AvgIpc) is 2.80. The Hall–Kier alpha value is -2.82. The number of aliphatic carboxylic acids is 1. The molecule has 1 heterocycles. The lowest BCUT2D eigenvalue weighted by Gasteiger charge is -2.00. The molecule has 2 aromatic carbocycles. The minimum Gasteiger partial charge on any atom is -0.481 e. The zero-order chi connectivity index (χ0) is 13.9.